The maximum absolute atomic E-state index is 13.5. The Kier molecular flexibility index (Phi) is 7.51. The number of carbonyl (C=O) groups excluding carboxylic acids is 2. The Morgan fingerprint density at radius 2 is 1.79 bits per heavy atom. The smallest absolute Gasteiger partial charge is 0.248 e. The zero-order valence-corrected chi connectivity index (χ0v) is 20.5. The second-order valence-corrected chi connectivity index (χ2v) is 9.78. The van der Waals surface area contributed by atoms with Gasteiger partial charge in [-0.05, 0) is 50.8 Å². The quantitative estimate of drug-likeness (QED) is 0.641. The Bertz CT molecular complexity index is 999. The van der Waals surface area contributed by atoms with Crippen molar-refractivity contribution in [1.29, 1.82) is 0 Å². The van der Waals surface area contributed by atoms with E-state index in [-0.39, 0.29) is 24.3 Å². The fraction of sp³-hybridized carbons (Fsp3) is 0.519. The fourth-order valence-corrected chi connectivity index (χ4v) is 4.91. The third kappa shape index (κ3) is 5.58. The lowest BCUT2D eigenvalue weighted by Crippen LogP contribution is -2.52. The summed E-state index contributed by atoms with van der Waals surface area (Å²) >= 11 is 0. The molecule has 0 N–H and O–H groups in total. The molecule has 7 nitrogen and oxygen atoms in total. The van der Waals surface area contributed by atoms with Gasteiger partial charge in [-0.2, -0.15) is 0 Å². The van der Waals surface area contributed by atoms with E-state index in [1.807, 2.05) is 61.2 Å². The van der Waals surface area contributed by atoms with E-state index in [1.165, 1.54) is 12.7 Å². The van der Waals surface area contributed by atoms with Crippen LogP contribution in [0.2, 0.25) is 0 Å². The SMILES string of the molecule is COCC(=O)N1CCC(C)(C(=O)N2CCC[C@H](c3cccc(Oc4ccc(C)cc4)n3)C2)CC1. The third-order valence-corrected chi connectivity index (χ3v) is 7.12. The van der Waals surface area contributed by atoms with Gasteiger partial charge in [0.25, 0.3) is 0 Å². The average Bonchev–Trinajstić information content (AvgIpc) is 2.86. The first-order valence-electron chi connectivity index (χ1n) is 12.2. The Labute approximate surface area is 202 Å². The van der Waals surface area contributed by atoms with Gasteiger partial charge in [-0.3, -0.25) is 9.59 Å². The van der Waals surface area contributed by atoms with Crippen LogP contribution < -0.4 is 4.74 Å². The summed E-state index contributed by atoms with van der Waals surface area (Å²) in [6, 6.07) is 13.8. The molecule has 0 bridgehead atoms. The van der Waals surface area contributed by atoms with Crippen LogP contribution >= 0.6 is 0 Å². The molecule has 0 spiro atoms. The molecule has 1 atom stereocenters. The molecule has 182 valence electrons. The number of aryl methyl sites for hydroxylation is 1. The van der Waals surface area contributed by atoms with Crippen LogP contribution in [0.1, 0.15) is 49.8 Å². The molecule has 0 aliphatic carbocycles. The highest BCUT2D eigenvalue weighted by Gasteiger charge is 2.41. The van der Waals surface area contributed by atoms with Crippen molar-refractivity contribution < 1.29 is 19.1 Å². The molecule has 3 heterocycles. The van der Waals surface area contributed by atoms with Gasteiger partial charge in [-0.1, -0.05) is 30.7 Å². The van der Waals surface area contributed by atoms with Crippen molar-refractivity contribution >= 4 is 11.8 Å². The first-order chi connectivity index (χ1) is 16.4. The zero-order valence-electron chi connectivity index (χ0n) is 20.5. The maximum atomic E-state index is 13.5. The molecule has 2 fully saturated rings. The number of rotatable bonds is 6. The first-order valence-corrected chi connectivity index (χ1v) is 12.2. The summed E-state index contributed by atoms with van der Waals surface area (Å²) in [4.78, 5) is 34.3. The van der Waals surface area contributed by atoms with Crippen LogP contribution in [-0.4, -0.2) is 66.5 Å². The number of amides is 2. The van der Waals surface area contributed by atoms with Gasteiger partial charge in [-0.15, -0.1) is 0 Å². The molecule has 34 heavy (non-hydrogen) atoms. The van der Waals surface area contributed by atoms with Crippen LogP contribution in [-0.2, 0) is 14.3 Å². The Hall–Kier alpha value is -2.93. The highest BCUT2D eigenvalue weighted by atomic mass is 16.5. The molecule has 1 aromatic carbocycles. The minimum atomic E-state index is -0.435. The van der Waals surface area contributed by atoms with Crippen LogP contribution in [0.4, 0.5) is 0 Å². The third-order valence-electron chi connectivity index (χ3n) is 7.12. The Balaban J connectivity index is 1.39. The number of likely N-dealkylation sites (tertiary alicyclic amines) is 2. The molecule has 2 amide bonds. The van der Waals surface area contributed by atoms with E-state index in [4.69, 9.17) is 14.5 Å². The van der Waals surface area contributed by atoms with Crippen molar-refractivity contribution in [2.45, 2.75) is 45.4 Å². The van der Waals surface area contributed by atoms with Gasteiger partial charge in [-0.25, -0.2) is 4.98 Å². The normalized spacial score (nSPS) is 20.1. The van der Waals surface area contributed by atoms with Crippen LogP contribution in [0.25, 0.3) is 0 Å². The van der Waals surface area contributed by atoms with Crippen molar-refractivity contribution in [3.05, 3.63) is 53.7 Å². The summed E-state index contributed by atoms with van der Waals surface area (Å²) in [5, 5.41) is 0. The van der Waals surface area contributed by atoms with Crippen molar-refractivity contribution in [1.82, 2.24) is 14.8 Å². The molecule has 0 unspecified atom stereocenters. The average molecular weight is 466 g/mol. The Morgan fingerprint density at radius 1 is 1.06 bits per heavy atom. The number of hydrogen-bond donors (Lipinski definition) is 0. The molecule has 0 radical (unpaired) electrons. The van der Waals surface area contributed by atoms with Gasteiger partial charge >= 0.3 is 0 Å². The number of methoxy groups -OCH3 is 1. The van der Waals surface area contributed by atoms with Gasteiger partial charge in [0.15, 0.2) is 0 Å². The minimum absolute atomic E-state index is 0.00570. The number of benzene rings is 1. The summed E-state index contributed by atoms with van der Waals surface area (Å²) in [6.45, 7) is 6.83. The lowest BCUT2D eigenvalue weighted by molar-refractivity contribution is -0.149. The van der Waals surface area contributed by atoms with E-state index in [0.29, 0.717) is 38.4 Å². The highest BCUT2D eigenvalue weighted by molar-refractivity contribution is 5.83. The molecule has 0 saturated carbocycles. The standard InChI is InChI=1S/C27H35N3O4/c1-20-9-11-22(12-10-20)34-24-8-4-7-23(28-24)21-6-5-15-30(18-21)26(32)27(2)13-16-29(17-14-27)25(31)19-33-3/h4,7-12,21H,5-6,13-19H2,1-3H3/t21-/m0/s1. The predicted octanol–water partition coefficient (Wildman–Crippen LogP) is 4.16. The molecular formula is C27H35N3O4. The molecule has 4 rings (SSSR count). The van der Waals surface area contributed by atoms with E-state index in [0.717, 1.165) is 30.8 Å². The zero-order chi connectivity index (χ0) is 24.1. The second kappa shape index (κ2) is 10.6. The maximum Gasteiger partial charge on any atom is 0.248 e. The van der Waals surface area contributed by atoms with Crippen molar-refractivity contribution in [2.24, 2.45) is 5.41 Å². The molecule has 2 aromatic rings. The number of carbonyl (C=O) groups is 2. The van der Waals surface area contributed by atoms with E-state index >= 15 is 0 Å². The number of nitrogens with zero attached hydrogens (tertiary/aromatic N) is 3. The van der Waals surface area contributed by atoms with Gasteiger partial charge < -0.3 is 19.3 Å². The minimum Gasteiger partial charge on any atom is -0.439 e. The number of aromatic nitrogens is 1. The Morgan fingerprint density at radius 3 is 2.50 bits per heavy atom. The summed E-state index contributed by atoms with van der Waals surface area (Å²) < 4.78 is 10.9. The van der Waals surface area contributed by atoms with Crippen molar-refractivity contribution in [2.75, 3.05) is 39.9 Å². The lowest BCUT2D eigenvalue weighted by Gasteiger charge is -2.43. The summed E-state index contributed by atoms with van der Waals surface area (Å²) in [5.74, 6) is 1.71. The van der Waals surface area contributed by atoms with E-state index in [2.05, 4.69) is 0 Å². The number of piperidine rings is 2. The van der Waals surface area contributed by atoms with Gasteiger partial charge in [0, 0.05) is 56.4 Å². The topological polar surface area (TPSA) is 72.0 Å². The highest BCUT2D eigenvalue weighted by Crippen LogP contribution is 2.36. The van der Waals surface area contributed by atoms with Crippen LogP contribution in [0.3, 0.4) is 0 Å². The molecule has 1 aromatic heterocycles. The van der Waals surface area contributed by atoms with Crippen molar-refractivity contribution in [3.63, 3.8) is 0 Å². The molecule has 2 saturated heterocycles. The van der Waals surface area contributed by atoms with E-state index in [1.54, 1.807) is 4.90 Å². The second-order valence-electron chi connectivity index (χ2n) is 9.78. The molecular weight excluding hydrogens is 430 g/mol. The summed E-state index contributed by atoms with van der Waals surface area (Å²) in [7, 11) is 1.53. The lowest BCUT2D eigenvalue weighted by atomic mass is 9.78. The van der Waals surface area contributed by atoms with Crippen molar-refractivity contribution in [3.8, 4) is 11.6 Å². The molecule has 2 aliphatic heterocycles. The van der Waals surface area contributed by atoms with E-state index in [9.17, 15) is 9.59 Å². The number of hydrogen-bond acceptors (Lipinski definition) is 5. The fourth-order valence-electron chi connectivity index (χ4n) is 4.91. The van der Waals surface area contributed by atoms with Gasteiger partial charge in [0.2, 0.25) is 17.7 Å². The molecule has 2 aliphatic rings. The predicted molar refractivity (Wildman–Crippen MR) is 130 cm³/mol. The summed E-state index contributed by atoms with van der Waals surface area (Å²) in [5.41, 5.74) is 1.71. The van der Waals surface area contributed by atoms with Gasteiger partial charge in [0.05, 0.1) is 0 Å². The largest absolute Gasteiger partial charge is 0.439 e. The molecule has 7 heteroatoms. The van der Waals surface area contributed by atoms with Crippen LogP contribution in [0.15, 0.2) is 42.5 Å². The first kappa shape index (κ1) is 24.2. The monoisotopic (exact) mass is 465 g/mol. The number of ether oxygens (including phenoxy) is 2. The van der Waals surface area contributed by atoms with E-state index < -0.39 is 5.41 Å². The van der Waals surface area contributed by atoms with Crippen LogP contribution in [0, 0.1) is 12.3 Å². The van der Waals surface area contributed by atoms with Gasteiger partial charge in [0.1, 0.15) is 12.4 Å². The number of pyridine rings is 1. The summed E-state index contributed by atoms with van der Waals surface area (Å²) in [6.07, 6.45) is 3.32. The van der Waals surface area contributed by atoms with Crippen LogP contribution in [0.5, 0.6) is 11.6 Å².